The second-order valence-corrected chi connectivity index (χ2v) is 15.2. The van der Waals surface area contributed by atoms with Crippen LogP contribution in [0.25, 0.3) is 11.1 Å². The zero-order chi connectivity index (χ0) is 43.8. The van der Waals surface area contributed by atoms with Gasteiger partial charge in [0.05, 0.1) is 39.1 Å². The molecule has 2 heterocycles. The van der Waals surface area contributed by atoms with E-state index in [9.17, 15) is 45.5 Å². The topological polar surface area (TPSA) is 93.2 Å². The normalized spacial score (nSPS) is 14.1. The Labute approximate surface area is 344 Å². The van der Waals surface area contributed by atoms with E-state index in [2.05, 4.69) is 0 Å². The lowest BCUT2D eigenvalue weighted by Crippen LogP contribution is -2.29. The molecule has 0 spiro atoms. The van der Waals surface area contributed by atoms with Crippen molar-refractivity contribution in [2.45, 2.75) is 38.5 Å². The third kappa shape index (κ3) is 7.27. The minimum absolute atomic E-state index is 0.0949. The molecule has 6 aromatic carbocycles. The Hall–Kier alpha value is -7.22. The van der Waals surface area contributed by atoms with Gasteiger partial charge in [0.1, 0.15) is 23.0 Å². The maximum atomic E-state index is 14.5. The minimum Gasteiger partial charge on any atom is -0.457 e. The van der Waals surface area contributed by atoms with E-state index in [1.165, 1.54) is 44.3 Å². The van der Waals surface area contributed by atoms with Gasteiger partial charge in [-0.3, -0.25) is 24.1 Å². The summed E-state index contributed by atoms with van der Waals surface area (Å²) in [5.41, 5.74) is -2.88. The summed E-state index contributed by atoms with van der Waals surface area (Å²) in [6, 6.07) is 28.6. The van der Waals surface area contributed by atoms with Gasteiger partial charge in [0, 0.05) is 12.5 Å². The summed E-state index contributed by atoms with van der Waals surface area (Å²) in [5, 5.41) is 0. The molecule has 4 amide bonds. The summed E-state index contributed by atoms with van der Waals surface area (Å²) in [4.78, 5) is 53.5. The number of nitrogens with zero attached hydrogens (tertiary/aromatic N) is 2. The zero-order valence-corrected chi connectivity index (χ0v) is 32.7. The number of rotatable bonds is 8. The molecule has 2 aliphatic rings. The van der Waals surface area contributed by atoms with E-state index in [-0.39, 0.29) is 33.9 Å². The van der Waals surface area contributed by atoms with Crippen molar-refractivity contribution in [3.63, 3.8) is 0 Å². The Balaban J connectivity index is 1.01. The van der Waals surface area contributed by atoms with Crippen LogP contribution in [0, 0.1) is 6.92 Å². The summed E-state index contributed by atoms with van der Waals surface area (Å²) in [5.74, 6) is -1.18. The lowest BCUT2D eigenvalue weighted by Gasteiger charge is -2.27. The van der Waals surface area contributed by atoms with Crippen LogP contribution in [0.2, 0.25) is 0 Å². The van der Waals surface area contributed by atoms with Crippen molar-refractivity contribution in [1.29, 1.82) is 0 Å². The van der Waals surface area contributed by atoms with Crippen LogP contribution >= 0.6 is 0 Å². The fourth-order valence-corrected chi connectivity index (χ4v) is 7.52. The highest BCUT2D eigenvalue weighted by molar-refractivity contribution is 6.34. The van der Waals surface area contributed by atoms with Crippen molar-refractivity contribution in [3.05, 3.63) is 171 Å². The number of carbonyl (C=O) groups is 4. The molecule has 14 heteroatoms. The van der Waals surface area contributed by atoms with Gasteiger partial charge in [-0.1, -0.05) is 61.9 Å². The molecule has 2 aliphatic heterocycles. The van der Waals surface area contributed by atoms with Crippen LogP contribution in [0.3, 0.4) is 0 Å². The average Bonchev–Trinajstić information content (AvgIpc) is 3.59. The highest BCUT2D eigenvalue weighted by Gasteiger charge is 2.42. The van der Waals surface area contributed by atoms with Crippen molar-refractivity contribution in [3.8, 4) is 34.1 Å². The predicted octanol–water partition coefficient (Wildman–Crippen LogP) is 11.6. The molecule has 0 atom stereocenters. The monoisotopic (exact) mass is 834 g/mol. The summed E-state index contributed by atoms with van der Waals surface area (Å²) in [7, 11) is 1.42. The van der Waals surface area contributed by atoms with Crippen LogP contribution < -0.4 is 14.4 Å². The second-order valence-electron chi connectivity index (χ2n) is 15.2. The summed E-state index contributed by atoms with van der Waals surface area (Å²) >= 11 is 0. The van der Waals surface area contributed by atoms with Crippen molar-refractivity contribution in [2.24, 2.45) is 0 Å². The lowest BCUT2D eigenvalue weighted by molar-refractivity contribution is -0.139. The fraction of sp³-hybridized carbons (Fsp3) is 0.149. The number of hydrogen-bond donors (Lipinski definition) is 0. The number of carbonyl (C=O) groups excluding carboxylic acids is 4. The SMILES string of the molecule is Cc1ccc(-c2ccc(N3C(=O)c4ccc(Oc5cccc(C(C)(C)c6ccc(Oc7ccc8c(c7)C(=O)N(C)C8=O)cc6)c5)cc4C3=O)cc2C(F)(F)F)c(C(F)(F)F)c1. The minimum atomic E-state index is -5.14. The third-order valence-electron chi connectivity index (χ3n) is 10.9. The van der Waals surface area contributed by atoms with Gasteiger partial charge in [0.25, 0.3) is 23.6 Å². The molecule has 0 radical (unpaired) electrons. The van der Waals surface area contributed by atoms with Crippen molar-refractivity contribution >= 4 is 29.3 Å². The molecule has 6 aromatic rings. The van der Waals surface area contributed by atoms with Gasteiger partial charge < -0.3 is 9.47 Å². The van der Waals surface area contributed by atoms with Crippen LogP contribution in [-0.2, 0) is 17.8 Å². The number of halogens is 6. The number of anilines is 1. The van der Waals surface area contributed by atoms with Gasteiger partial charge in [-0.2, -0.15) is 26.3 Å². The summed E-state index contributed by atoms with van der Waals surface area (Å²) < 4.78 is 97.3. The molecule has 0 aliphatic carbocycles. The van der Waals surface area contributed by atoms with E-state index >= 15 is 0 Å². The van der Waals surface area contributed by atoms with Crippen molar-refractivity contribution in [2.75, 3.05) is 11.9 Å². The van der Waals surface area contributed by atoms with Gasteiger partial charge in [-0.05, 0) is 108 Å². The van der Waals surface area contributed by atoms with Crippen LogP contribution in [0.15, 0.2) is 121 Å². The number of hydrogen-bond acceptors (Lipinski definition) is 6. The van der Waals surface area contributed by atoms with Gasteiger partial charge in [0.15, 0.2) is 0 Å². The molecule has 0 N–H and O–H groups in total. The van der Waals surface area contributed by atoms with Crippen LogP contribution in [0.1, 0.15) is 83.1 Å². The number of imide groups is 2. The maximum absolute atomic E-state index is 14.5. The molecule has 0 bridgehead atoms. The quantitative estimate of drug-likeness (QED) is 0.112. The zero-order valence-electron chi connectivity index (χ0n) is 32.7. The van der Waals surface area contributed by atoms with Gasteiger partial charge in [-0.25, -0.2) is 4.90 Å². The fourth-order valence-electron chi connectivity index (χ4n) is 7.52. The Morgan fingerprint density at radius 1 is 0.459 bits per heavy atom. The van der Waals surface area contributed by atoms with E-state index in [1.807, 2.05) is 32.0 Å². The molecule has 61 heavy (non-hydrogen) atoms. The first kappa shape index (κ1) is 40.6. The highest BCUT2D eigenvalue weighted by Crippen LogP contribution is 2.45. The molecule has 0 fully saturated rings. The number of ether oxygens (including phenoxy) is 2. The lowest BCUT2D eigenvalue weighted by atomic mass is 9.78. The Kier molecular flexibility index (Phi) is 9.64. The number of fused-ring (bicyclic) bond motifs is 2. The van der Waals surface area contributed by atoms with Gasteiger partial charge in [-0.15, -0.1) is 0 Å². The van der Waals surface area contributed by atoms with E-state index in [0.29, 0.717) is 33.8 Å². The third-order valence-corrected chi connectivity index (χ3v) is 10.9. The second kappa shape index (κ2) is 14.5. The first-order valence-corrected chi connectivity index (χ1v) is 18.7. The van der Waals surface area contributed by atoms with Gasteiger partial charge >= 0.3 is 12.4 Å². The summed E-state index contributed by atoms with van der Waals surface area (Å²) in [6.45, 7) is 5.39. The molecule has 308 valence electrons. The number of aryl methyl sites for hydroxylation is 1. The first-order valence-electron chi connectivity index (χ1n) is 18.7. The summed E-state index contributed by atoms with van der Waals surface area (Å²) in [6.07, 6.45) is -10.1. The Bertz CT molecular complexity index is 2830. The molecule has 0 unspecified atom stereocenters. The van der Waals surface area contributed by atoms with Crippen LogP contribution in [0.4, 0.5) is 32.0 Å². The van der Waals surface area contributed by atoms with E-state index in [0.717, 1.165) is 40.3 Å². The van der Waals surface area contributed by atoms with Crippen molar-refractivity contribution < 1.29 is 55.0 Å². The number of amides is 4. The smallest absolute Gasteiger partial charge is 0.417 e. The van der Waals surface area contributed by atoms with Crippen LogP contribution in [-0.4, -0.2) is 35.6 Å². The molecule has 0 saturated heterocycles. The van der Waals surface area contributed by atoms with E-state index in [4.69, 9.17) is 9.47 Å². The molecular formula is C47H32F6N2O6. The molecule has 8 rings (SSSR count). The van der Waals surface area contributed by atoms with E-state index in [1.54, 1.807) is 42.5 Å². The molecule has 8 nitrogen and oxygen atoms in total. The van der Waals surface area contributed by atoms with Crippen molar-refractivity contribution in [1.82, 2.24) is 4.90 Å². The maximum Gasteiger partial charge on any atom is 0.417 e. The largest absolute Gasteiger partial charge is 0.457 e. The first-order chi connectivity index (χ1) is 28.7. The predicted molar refractivity (Wildman–Crippen MR) is 212 cm³/mol. The Morgan fingerprint density at radius 3 is 1.56 bits per heavy atom. The molecular weight excluding hydrogens is 803 g/mol. The van der Waals surface area contributed by atoms with E-state index < -0.39 is 63.4 Å². The molecule has 0 saturated carbocycles. The number of alkyl halides is 6. The van der Waals surface area contributed by atoms with Crippen LogP contribution in [0.5, 0.6) is 23.0 Å². The van der Waals surface area contributed by atoms with Gasteiger partial charge in [0.2, 0.25) is 0 Å². The number of benzene rings is 6. The standard InChI is InChI=1S/C47H32F6N2O6/c1-25-8-16-33(39(20-25)46(48,49)50)34-17-11-28(22-40(34)47(51,52)53)55-43(58)36-19-15-32(24-38(36)44(55)59)61-30-7-5-6-27(21-30)45(2,3)26-9-12-29(13-10-26)60-31-14-18-35-37(23-31)42(57)54(4)41(35)56/h5-24H,1-4H3. The average molecular weight is 835 g/mol. The Morgan fingerprint density at radius 2 is 0.934 bits per heavy atom. The molecule has 0 aromatic heterocycles. The highest BCUT2D eigenvalue weighted by atomic mass is 19.4.